The first-order chi connectivity index (χ1) is 7.49. The number of hydrogen-bond acceptors (Lipinski definition) is 3. The predicted octanol–water partition coefficient (Wildman–Crippen LogP) is 2.54. The topological polar surface area (TPSA) is 38.3 Å². The molecule has 0 fully saturated rings. The lowest BCUT2D eigenvalue weighted by Gasteiger charge is -2.08. The van der Waals surface area contributed by atoms with Gasteiger partial charge in [0.1, 0.15) is 5.75 Å². The third-order valence-corrected chi connectivity index (χ3v) is 1.96. The second-order valence-electron chi connectivity index (χ2n) is 3.07. The van der Waals surface area contributed by atoms with Crippen LogP contribution in [0.2, 0.25) is 0 Å². The number of thiol groups is 1. The largest absolute Gasteiger partial charge is 0.435 e. The van der Waals surface area contributed by atoms with Gasteiger partial charge in [0.25, 0.3) is 0 Å². The van der Waals surface area contributed by atoms with Crippen LogP contribution in [0.4, 0.5) is 14.5 Å². The van der Waals surface area contributed by atoms with E-state index in [1.165, 1.54) is 24.3 Å². The molecule has 1 atom stereocenters. The van der Waals surface area contributed by atoms with Crippen LogP contribution in [-0.2, 0) is 4.79 Å². The molecule has 1 rings (SSSR count). The highest BCUT2D eigenvalue weighted by atomic mass is 32.1. The van der Waals surface area contributed by atoms with Gasteiger partial charge >= 0.3 is 6.61 Å². The van der Waals surface area contributed by atoms with Crippen LogP contribution in [-0.4, -0.2) is 17.8 Å². The zero-order valence-electron chi connectivity index (χ0n) is 8.48. The predicted molar refractivity (Wildman–Crippen MR) is 60.2 cm³/mol. The SMILES string of the molecule is CC(S)C(=O)Nc1ccc(OC(F)F)cc1. The fourth-order valence-corrected chi connectivity index (χ4v) is 1.03. The molecular weight excluding hydrogens is 236 g/mol. The number of nitrogens with one attached hydrogen (secondary N) is 1. The van der Waals surface area contributed by atoms with Gasteiger partial charge in [0.2, 0.25) is 5.91 Å². The van der Waals surface area contributed by atoms with Gasteiger partial charge < -0.3 is 10.1 Å². The quantitative estimate of drug-likeness (QED) is 0.802. The Hall–Kier alpha value is -1.30. The molecule has 1 N–H and O–H groups in total. The van der Waals surface area contributed by atoms with Crippen LogP contribution in [0, 0.1) is 0 Å². The maximum atomic E-state index is 11.8. The lowest BCUT2D eigenvalue weighted by atomic mass is 10.3. The second-order valence-corrected chi connectivity index (χ2v) is 3.84. The van der Waals surface area contributed by atoms with Crippen LogP contribution in [0.15, 0.2) is 24.3 Å². The third-order valence-electron chi connectivity index (χ3n) is 1.73. The van der Waals surface area contributed by atoms with Gasteiger partial charge in [-0.25, -0.2) is 0 Å². The van der Waals surface area contributed by atoms with Crippen molar-refractivity contribution >= 4 is 24.2 Å². The molecular formula is C10H11F2NO2S. The van der Waals surface area contributed by atoms with Gasteiger partial charge in [-0.15, -0.1) is 0 Å². The van der Waals surface area contributed by atoms with E-state index in [0.717, 1.165) is 0 Å². The molecule has 1 aromatic rings. The van der Waals surface area contributed by atoms with Gasteiger partial charge in [0.15, 0.2) is 0 Å². The number of ether oxygens (including phenoxy) is 1. The first-order valence-electron chi connectivity index (χ1n) is 4.53. The molecule has 0 saturated heterocycles. The zero-order valence-corrected chi connectivity index (χ0v) is 9.38. The van der Waals surface area contributed by atoms with Crippen molar-refractivity contribution in [2.24, 2.45) is 0 Å². The van der Waals surface area contributed by atoms with Crippen molar-refractivity contribution in [3.8, 4) is 5.75 Å². The summed E-state index contributed by atoms with van der Waals surface area (Å²) >= 11 is 3.95. The highest BCUT2D eigenvalue weighted by Crippen LogP contribution is 2.17. The Morgan fingerprint density at radius 1 is 1.38 bits per heavy atom. The summed E-state index contributed by atoms with van der Waals surface area (Å²) in [5.74, 6) is -0.210. The molecule has 0 spiro atoms. The molecule has 0 aliphatic heterocycles. The van der Waals surface area contributed by atoms with Crippen molar-refractivity contribution in [1.82, 2.24) is 0 Å². The summed E-state index contributed by atoms with van der Waals surface area (Å²) in [6, 6.07) is 5.66. The van der Waals surface area contributed by atoms with Gasteiger partial charge in [-0.2, -0.15) is 21.4 Å². The Labute approximate surface area is 97.2 Å². The minimum absolute atomic E-state index is 0.0481. The van der Waals surface area contributed by atoms with E-state index in [9.17, 15) is 13.6 Å². The number of amides is 1. The van der Waals surface area contributed by atoms with E-state index >= 15 is 0 Å². The minimum atomic E-state index is -2.85. The summed E-state index contributed by atoms with van der Waals surface area (Å²) in [5.41, 5.74) is 0.507. The van der Waals surface area contributed by atoms with Crippen LogP contribution in [0.3, 0.4) is 0 Å². The molecule has 1 amide bonds. The first-order valence-corrected chi connectivity index (χ1v) is 5.04. The van der Waals surface area contributed by atoms with E-state index in [1.807, 2.05) is 0 Å². The minimum Gasteiger partial charge on any atom is -0.435 e. The summed E-state index contributed by atoms with van der Waals surface area (Å²) in [6.07, 6.45) is 0. The Kier molecular flexibility index (Phi) is 4.54. The van der Waals surface area contributed by atoms with Gasteiger partial charge in [0.05, 0.1) is 5.25 Å². The molecule has 0 bridgehead atoms. The molecule has 1 unspecified atom stereocenters. The molecule has 88 valence electrons. The number of hydrogen-bond donors (Lipinski definition) is 2. The van der Waals surface area contributed by atoms with E-state index in [1.54, 1.807) is 6.92 Å². The zero-order chi connectivity index (χ0) is 12.1. The number of halogens is 2. The smallest absolute Gasteiger partial charge is 0.387 e. The summed E-state index contributed by atoms with van der Waals surface area (Å²) in [6.45, 7) is -1.22. The van der Waals surface area contributed by atoms with Crippen LogP contribution in [0.5, 0.6) is 5.75 Å². The van der Waals surface area contributed by atoms with Crippen LogP contribution >= 0.6 is 12.6 Å². The number of rotatable bonds is 4. The van der Waals surface area contributed by atoms with E-state index in [2.05, 4.69) is 22.7 Å². The third kappa shape index (κ3) is 4.06. The number of carbonyl (C=O) groups is 1. The summed E-state index contributed by atoms with van der Waals surface area (Å²) in [7, 11) is 0. The number of anilines is 1. The molecule has 0 saturated carbocycles. The van der Waals surface area contributed by atoms with Crippen molar-refractivity contribution in [2.45, 2.75) is 18.8 Å². The summed E-state index contributed by atoms with van der Waals surface area (Å²) < 4.78 is 27.8. The van der Waals surface area contributed by atoms with Crippen molar-refractivity contribution in [2.75, 3.05) is 5.32 Å². The van der Waals surface area contributed by atoms with Crippen LogP contribution in [0.1, 0.15) is 6.92 Å². The van der Waals surface area contributed by atoms with Gasteiger partial charge in [0, 0.05) is 5.69 Å². The highest BCUT2D eigenvalue weighted by Gasteiger charge is 2.08. The Morgan fingerprint density at radius 2 is 1.94 bits per heavy atom. The van der Waals surface area contributed by atoms with Gasteiger partial charge in [-0.3, -0.25) is 4.79 Å². The molecule has 0 heterocycles. The monoisotopic (exact) mass is 247 g/mol. The fourth-order valence-electron chi connectivity index (χ4n) is 0.966. The van der Waals surface area contributed by atoms with E-state index in [-0.39, 0.29) is 11.7 Å². The standard InChI is InChI=1S/C10H11F2NO2S/c1-6(16)9(14)13-7-2-4-8(5-3-7)15-10(11)12/h2-6,10,16H,1H3,(H,13,14). The van der Waals surface area contributed by atoms with Crippen molar-refractivity contribution < 1.29 is 18.3 Å². The highest BCUT2D eigenvalue weighted by molar-refractivity contribution is 7.81. The van der Waals surface area contributed by atoms with E-state index < -0.39 is 11.9 Å². The Balaban J connectivity index is 2.61. The lowest BCUT2D eigenvalue weighted by Crippen LogP contribution is -2.20. The number of benzene rings is 1. The van der Waals surface area contributed by atoms with Crippen LogP contribution < -0.4 is 10.1 Å². The first kappa shape index (κ1) is 12.8. The molecule has 0 aliphatic carbocycles. The average Bonchev–Trinajstić information content (AvgIpc) is 2.20. The van der Waals surface area contributed by atoms with Gasteiger partial charge in [-0.05, 0) is 31.2 Å². The Morgan fingerprint density at radius 3 is 2.38 bits per heavy atom. The maximum Gasteiger partial charge on any atom is 0.387 e. The maximum absolute atomic E-state index is 11.8. The van der Waals surface area contributed by atoms with E-state index in [4.69, 9.17) is 0 Å². The fraction of sp³-hybridized carbons (Fsp3) is 0.300. The Bertz CT molecular complexity index is 354. The molecule has 0 aromatic heterocycles. The summed E-state index contributed by atoms with van der Waals surface area (Å²) in [5, 5.41) is 2.13. The van der Waals surface area contributed by atoms with Crippen LogP contribution in [0.25, 0.3) is 0 Å². The molecule has 0 radical (unpaired) electrons. The van der Waals surface area contributed by atoms with Crippen molar-refractivity contribution in [3.05, 3.63) is 24.3 Å². The molecule has 6 heteroatoms. The second kappa shape index (κ2) is 5.69. The molecule has 1 aromatic carbocycles. The normalized spacial score (nSPS) is 12.3. The molecule has 0 aliphatic rings. The van der Waals surface area contributed by atoms with E-state index in [0.29, 0.717) is 5.69 Å². The molecule has 16 heavy (non-hydrogen) atoms. The molecule has 3 nitrogen and oxygen atoms in total. The van der Waals surface area contributed by atoms with Gasteiger partial charge in [-0.1, -0.05) is 0 Å². The lowest BCUT2D eigenvalue weighted by molar-refractivity contribution is -0.115. The van der Waals surface area contributed by atoms with Crippen molar-refractivity contribution in [3.63, 3.8) is 0 Å². The van der Waals surface area contributed by atoms with Crippen molar-refractivity contribution in [1.29, 1.82) is 0 Å². The number of alkyl halides is 2. The average molecular weight is 247 g/mol. The number of carbonyl (C=O) groups excluding carboxylic acids is 1. The summed E-state index contributed by atoms with van der Waals surface area (Å²) in [4.78, 5) is 11.2.